The Morgan fingerprint density at radius 3 is 2.51 bits per heavy atom. The van der Waals surface area contributed by atoms with Crippen LogP contribution in [0.4, 0.5) is 17.6 Å². The number of alkyl halides is 3. The van der Waals surface area contributed by atoms with Gasteiger partial charge in [-0.3, -0.25) is 9.98 Å². The molecule has 3 aromatic heterocycles. The standard InChI is InChI=1S/C23H15ClF4N6O/c24-16-4-2-14(3-5-16)18-11-31-34-21(20(18)15-7-17(25)10-29-9-15)32-33(22(34)35)12-13-1-6-19(30-8-13)23(26,27)28/h1-5,7-11,19H,6,12H2. The second-order valence-electron chi connectivity index (χ2n) is 7.86. The first-order chi connectivity index (χ1) is 16.7. The predicted molar refractivity (Wildman–Crippen MR) is 122 cm³/mol. The van der Waals surface area contributed by atoms with Gasteiger partial charge in [0.2, 0.25) is 0 Å². The lowest BCUT2D eigenvalue weighted by Crippen LogP contribution is -2.29. The molecular weight excluding hydrogens is 488 g/mol. The molecule has 1 unspecified atom stereocenters. The zero-order chi connectivity index (χ0) is 24.7. The lowest BCUT2D eigenvalue weighted by Gasteiger charge is -2.18. The zero-order valence-electron chi connectivity index (χ0n) is 17.7. The molecule has 5 rings (SSSR count). The molecule has 0 saturated carbocycles. The normalized spacial score (nSPS) is 16.0. The smallest absolute Gasteiger partial charge is 0.280 e. The van der Waals surface area contributed by atoms with E-state index in [0.29, 0.717) is 32.8 Å². The van der Waals surface area contributed by atoms with Gasteiger partial charge in [-0.15, -0.1) is 5.10 Å². The molecule has 1 aliphatic heterocycles. The molecule has 0 amide bonds. The van der Waals surface area contributed by atoms with Crippen molar-refractivity contribution in [1.82, 2.24) is 24.4 Å². The molecule has 1 atom stereocenters. The van der Waals surface area contributed by atoms with Gasteiger partial charge in [-0.25, -0.2) is 13.9 Å². The number of hydrogen-bond acceptors (Lipinski definition) is 5. The van der Waals surface area contributed by atoms with Crippen LogP contribution in [0.15, 0.2) is 70.4 Å². The van der Waals surface area contributed by atoms with Crippen molar-refractivity contribution in [3.05, 3.63) is 81.9 Å². The Labute approximate surface area is 200 Å². The van der Waals surface area contributed by atoms with Gasteiger partial charge in [-0.1, -0.05) is 29.8 Å². The summed E-state index contributed by atoms with van der Waals surface area (Å²) in [5.41, 5.74) is 1.97. The first-order valence-electron chi connectivity index (χ1n) is 10.4. The van der Waals surface area contributed by atoms with E-state index in [-0.39, 0.29) is 18.6 Å². The van der Waals surface area contributed by atoms with Crippen LogP contribution in [0.5, 0.6) is 0 Å². The molecular formula is C23H15ClF4N6O. The van der Waals surface area contributed by atoms with Crippen molar-refractivity contribution in [2.24, 2.45) is 4.99 Å². The Bertz CT molecular complexity index is 1540. The fourth-order valence-corrected chi connectivity index (χ4v) is 3.93. The van der Waals surface area contributed by atoms with Gasteiger partial charge in [0, 0.05) is 34.1 Å². The van der Waals surface area contributed by atoms with Gasteiger partial charge in [-0.2, -0.15) is 22.8 Å². The summed E-state index contributed by atoms with van der Waals surface area (Å²) in [7, 11) is 0. The number of halogens is 5. The van der Waals surface area contributed by atoms with Crippen molar-refractivity contribution in [1.29, 1.82) is 0 Å². The van der Waals surface area contributed by atoms with E-state index < -0.39 is 23.7 Å². The Hall–Kier alpha value is -3.86. The van der Waals surface area contributed by atoms with Crippen LogP contribution in [0.3, 0.4) is 0 Å². The fourth-order valence-electron chi connectivity index (χ4n) is 3.80. The number of rotatable bonds is 4. The molecule has 0 fully saturated rings. The lowest BCUT2D eigenvalue weighted by atomic mass is 9.98. The highest BCUT2D eigenvalue weighted by Gasteiger charge is 2.39. The van der Waals surface area contributed by atoms with E-state index in [1.165, 1.54) is 24.5 Å². The maximum absolute atomic E-state index is 14.1. The number of allylic oxidation sites excluding steroid dienone is 1. The highest BCUT2D eigenvalue weighted by molar-refractivity contribution is 6.30. The van der Waals surface area contributed by atoms with Gasteiger partial charge in [-0.05, 0) is 35.8 Å². The minimum absolute atomic E-state index is 0.104. The minimum Gasteiger partial charge on any atom is -0.280 e. The largest absolute Gasteiger partial charge is 0.411 e. The molecule has 0 aliphatic carbocycles. The summed E-state index contributed by atoms with van der Waals surface area (Å²) < 4.78 is 54.8. The van der Waals surface area contributed by atoms with Gasteiger partial charge in [0.15, 0.2) is 5.65 Å². The predicted octanol–water partition coefficient (Wildman–Crippen LogP) is 4.74. The third kappa shape index (κ3) is 4.46. The molecule has 0 bridgehead atoms. The Morgan fingerprint density at radius 2 is 1.86 bits per heavy atom. The van der Waals surface area contributed by atoms with E-state index in [1.54, 1.807) is 24.3 Å². The third-order valence-corrected chi connectivity index (χ3v) is 5.75. The monoisotopic (exact) mass is 502 g/mol. The molecule has 0 spiro atoms. The van der Waals surface area contributed by atoms with Crippen LogP contribution in [-0.4, -0.2) is 42.8 Å². The van der Waals surface area contributed by atoms with Crippen LogP contribution >= 0.6 is 11.6 Å². The van der Waals surface area contributed by atoms with Gasteiger partial charge in [0.1, 0.15) is 11.9 Å². The van der Waals surface area contributed by atoms with Gasteiger partial charge >= 0.3 is 11.9 Å². The minimum atomic E-state index is -4.44. The number of pyridine rings is 1. The van der Waals surface area contributed by atoms with Crippen LogP contribution in [0.25, 0.3) is 27.9 Å². The number of nitrogens with zero attached hydrogens (tertiary/aromatic N) is 6. The second-order valence-corrected chi connectivity index (χ2v) is 8.29. The van der Waals surface area contributed by atoms with E-state index in [1.807, 2.05) is 0 Å². The number of aliphatic imine (C=N–C) groups is 1. The summed E-state index contributed by atoms with van der Waals surface area (Å²) in [6.07, 6.45) is 1.67. The van der Waals surface area contributed by atoms with Crippen molar-refractivity contribution >= 4 is 23.5 Å². The van der Waals surface area contributed by atoms with Crippen molar-refractivity contribution in [2.45, 2.75) is 25.2 Å². The van der Waals surface area contributed by atoms with Gasteiger partial charge in [0.25, 0.3) is 0 Å². The molecule has 12 heteroatoms. The highest BCUT2D eigenvalue weighted by Crippen LogP contribution is 2.34. The molecule has 4 heterocycles. The highest BCUT2D eigenvalue weighted by atomic mass is 35.5. The number of aromatic nitrogens is 5. The van der Waals surface area contributed by atoms with E-state index in [0.717, 1.165) is 21.6 Å². The first-order valence-corrected chi connectivity index (χ1v) is 10.7. The van der Waals surface area contributed by atoms with Crippen molar-refractivity contribution in [3.63, 3.8) is 0 Å². The number of dihydropyridines is 1. The summed E-state index contributed by atoms with van der Waals surface area (Å²) in [5, 5.41) is 9.13. The van der Waals surface area contributed by atoms with Gasteiger partial charge in [0.05, 0.1) is 18.9 Å². The molecule has 0 saturated heterocycles. The van der Waals surface area contributed by atoms with Crippen molar-refractivity contribution < 1.29 is 17.6 Å². The molecule has 7 nitrogen and oxygen atoms in total. The van der Waals surface area contributed by atoms with E-state index in [4.69, 9.17) is 11.6 Å². The Kier molecular flexibility index (Phi) is 5.72. The maximum atomic E-state index is 14.1. The zero-order valence-corrected chi connectivity index (χ0v) is 18.5. The quantitative estimate of drug-likeness (QED) is 0.378. The van der Waals surface area contributed by atoms with Gasteiger partial charge < -0.3 is 0 Å². The van der Waals surface area contributed by atoms with E-state index in [9.17, 15) is 22.4 Å². The molecule has 0 radical (unpaired) electrons. The molecule has 35 heavy (non-hydrogen) atoms. The average Bonchev–Trinajstić information content (AvgIpc) is 3.14. The Balaban J connectivity index is 1.62. The van der Waals surface area contributed by atoms with Crippen LogP contribution in [0, 0.1) is 5.82 Å². The second kappa shape index (κ2) is 8.73. The topological polar surface area (TPSA) is 77.4 Å². The van der Waals surface area contributed by atoms with Crippen molar-refractivity contribution in [3.8, 4) is 22.3 Å². The Morgan fingerprint density at radius 1 is 1.09 bits per heavy atom. The SMILES string of the molecule is O=c1n(CC2=CCC(C(F)(F)F)N=C2)nc2c(-c3cncc(F)c3)c(-c3ccc(Cl)cc3)cnn12. The average molecular weight is 503 g/mol. The lowest BCUT2D eigenvalue weighted by molar-refractivity contribution is -0.146. The summed E-state index contributed by atoms with van der Waals surface area (Å²) in [4.78, 5) is 20.5. The van der Waals surface area contributed by atoms with E-state index >= 15 is 0 Å². The van der Waals surface area contributed by atoms with Crippen LogP contribution < -0.4 is 5.69 Å². The number of fused-ring (bicyclic) bond motifs is 1. The molecule has 1 aromatic carbocycles. The van der Waals surface area contributed by atoms with Crippen LogP contribution in [0.2, 0.25) is 5.02 Å². The molecule has 178 valence electrons. The molecule has 1 aliphatic rings. The summed E-state index contributed by atoms with van der Waals surface area (Å²) in [6, 6.07) is 6.33. The third-order valence-electron chi connectivity index (χ3n) is 5.50. The first kappa shape index (κ1) is 22.9. The fraction of sp³-hybridized carbons (Fsp3) is 0.174. The number of benzene rings is 1. The molecule has 4 aromatic rings. The van der Waals surface area contributed by atoms with Crippen LogP contribution in [-0.2, 0) is 6.54 Å². The molecule has 0 N–H and O–H groups in total. The van der Waals surface area contributed by atoms with Crippen LogP contribution in [0.1, 0.15) is 6.42 Å². The summed E-state index contributed by atoms with van der Waals surface area (Å²) >= 11 is 6.01. The maximum Gasteiger partial charge on any atom is 0.411 e. The van der Waals surface area contributed by atoms with Crippen molar-refractivity contribution in [2.75, 3.05) is 0 Å². The summed E-state index contributed by atoms with van der Waals surface area (Å²) in [5.74, 6) is -0.580. The number of hydrogen-bond donors (Lipinski definition) is 0. The summed E-state index contributed by atoms with van der Waals surface area (Å²) in [6.45, 7) is -0.104. The van der Waals surface area contributed by atoms with E-state index in [2.05, 4.69) is 20.2 Å².